The Bertz CT molecular complexity index is 905. The van der Waals surface area contributed by atoms with Crippen LogP contribution in [0.4, 0.5) is 0 Å². The van der Waals surface area contributed by atoms with Gasteiger partial charge < -0.3 is 19.5 Å². The zero-order valence-electron chi connectivity index (χ0n) is 15.1. The van der Waals surface area contributed by atoms with Gasteiger partial charge in [0.1, 0.15) is 0 Å². The molecule has 1 N–H and O–H groups in total. The Labute approximate surface area is 156 Å². The van der Waals surface area contributed by atoms with Crippen molar-refractivity contribution >= 4 is 11.9 Å². The molecule has 0 atom stereocenters. The third-order valence-electron chi connectivity index (χ3n) is 5.05. The van der Waals surface area contributed by atoms with Gasteiger partial charge in [-0.2, -0.15) is 5.10 Å². The summed E-state index contributed by atoms with van der Waals surface area (Å²) in [6, 6.07) is 5.69. The van der Waals surface area contributed by atoms with E-state index < -0.39 is 5.97 Å². The van der Waals surface area contributed by atoms with Crippen molar-refractivity contribution in [2.75, 3.05) is 13.3 Å². The van der Waals surface area contributed by atoms with E-state index in [1.807, 2.05) is 25.1 Å². The van der Waals surface area contributed by atoms with Gasteiger partial charge in [0.25, 0.3) is 0 Å². The Kier molecular flexibility index (Phi) is 4.47. The minimum atomic E-state index is -1.05. The average molecular weight is 371 g/mol. The predicted octanol–water partition coefficient (Wildman–Crippen LogP) is 1.85. The molecule has 1 amide bonds. The van der Waals surface area contributed by atoms with Crippen LogP contribution in [0.3, 0.4) is 0 Å². The fraction of sp³-hybridized carbons (Fsp3) is 0.421. The Morgan fingerprint density at radius 1 is 1.26 bits per heavy atom. The number of carbonyl (C=O) groups excluding carboxylic acids is 1. The average Bonchev–Trinajstić information content (AvgIpc) is 3.29. The van der Waals surface area contributed by atoms with Gasteiger partial charge in [0, 0.05) is 43.7 Å². The Morgan fingerprint density at radius 3 is 2.85 bits per heavy atom. The van der Waals surface area contributed by atoms with Crippen molar-refractivity contribution in [2.45, 2.75) is 39.3 Å². The molecule has 1 aromatic heterocycles. The molecule has 8 nitrogen and oxygen atoms in total. The summed E-state index contributed by atoms with van der Waals surface area (Å²) in [4.78, 5) is 25.9. The van der Waals surface area contributed by atoms with Crippen molar-refractivity contribution in [3.63, 3.8) is 0 Å². The fourth-order valence-electron chi connectivity index (χ4n) is 3.64. The molecule has 4 rings (SSSR count). The first kappa shape index (κ1) is 17.4. The van der Waals surface area contributed by atoms with E-state index in [0.717, 1.165) is 17.0 Å². The Hall–Kier alpha value is -3.03. The van der Waals surface area contributed by atoms with Crippen LogP contribution in [-0.4, -0.2) is 45.0 Å². The molecular weight excluding hydrogens is 350 g/mol. The van der Waals surface area contributed by atoms with E-state index in [0.29, 0.717) is 50.2 Å². The topological polar surface area (TPSA) is 93.9 Å². The summed E-state index contributed by atoms with van der Waals surface area (Å²) >= 11 is 0. The summed E-state index contributed by atoms with van der Waals surface area (Å²) in [5.41, 5.74) is 2.65. The zero-order chi connectivity index (χ0) is 19.0. The fourth-order valence-corrected chi connectivity index (χ4v) is 3.64. The van der Waals surface area contributed by atoms with E-state index >= 15 is 0 Å². The number of aryl methyl sites for hydroxylation is 2. The molecule has 0 unspecified atom stereocenters. The summed E-state index contributed by atoms with van der Waals surface area (Å²) in [7, 11) is 0. The van der Waals surface area contributed by atoms with E-state index in [-0.39, 0.29) is 18.4 Å². The molecule has 8 heteroatoms. The summed E-state index contributed by atoms with van der Waals surface area (Å²) in [6.07, 6.45) is 1.58. The summed E-state index contributed by atoms with van der Waals surface area (Å²) in [5.74, 6) is 0.399. The number of aromatic carboxylic acids is 1. The molecule has 0 saturated heterocycles. The first-order chi connectivity index (χ1) is 13.1. The van der Waals surface area contributed by atoms with Gasteiger partial charge in [-0.25, -0.2) is 4.79 Å². The van der Waals surface area contributed by atoms with Crippen molar-refractivity contribution in [1.29, 1.82) is 0 Å². The van der Waals surface area contributed by atoms with Gasteiger partial charge in [0.15, 0.2) is 17.2 Å². The first-order valence-corrected chi connectivity index (χ1v) is 9.05. The Balaban J connectivity index is 1.43. The second kappa shape index (κ2) is 6.94. The van der Waals surface area contributed by atoms with Crippen LogP contribution in [0.5, 0.6) is 11.5 Å². The van der Waals surface area contributed by atoms with Crippen LogP contribution in [-0.2, 0) is 30.7 Å². The minimum absolute atomic E-state index is 0.0129. The van der Waals surface area contributed by atoms with Crippen LogP contribution in [0.2, 0.25) is 0 Å². The molecule has 0 spiro atoms. The van der Waals surface area contributed by atoms with Crippen LogP contribution in [0.1, 0.15) is 40.7 Å². The van der Waals surface area contributed by atoms with E-state index in [1.54, 1.807) is 9.58 Å². The largest absolute Gasteiger partial charge is 0.476 e. The molecule has 1 aromatic carbocycles. The highest BCUT2D eigenvalue weighted by Crippen LogP contribution is 2.33. The minimum Gasteiger partial charge on any atom is -0.476 e. The summed E-state index contributed by atoms with van der Waals surface area (Å²) in [6.45, 7) is 3.66. The SMILES string of the molecule is CCn1nc(C(=O)O)c2c1CCN(C(=O)CCc1ccc3c(c1)OCO3)C2. The van der Waals surface area contributed by atoms with E-state index in [2.05, 4.69) is 5.10 Å². The lowest BCUT2D eigenvalue weighted by atomic mass is 10.0. The maximum absolute atomic E-state index is 12.7. The van der Waals surface area contributed by atoms with Gasteiger partial charge in [0.2, 0.25) is 12.7 Å². The van der Waals surface area contributed by atoms with E-state index in [9.17, 15) is 14.7 Å². The molecule has 27 heavy (non-hydrogen) atoms. The number of nitrogens with zero attached hydrogens (tertiary/aromatic N) is 3. The number of rotatable bonds is 5. The van der Waals surface area contributed by atoms with Crippen molar-refractivity contribution in [1.82, 2.24) is 14.7 Å². The van der Waals surface area contributed by atoms with Crippen molar-refractivity contribution < 1.29 is 24.2 Å². The number of hydrogen-bond acceptors (Lipinski definition) is 5. The molecule has 0 fully saturated rings. The molecule has 0 radical (unpaired) electrons. The predicted molar refractivity (Wildman–Crippen MR) is 94.9 cm³/mol. The lowest BCUT2D eigenvalue weighted by Crippen LogP contribution is -2.36. The van der Waals surface area contributed by atoms with Crippen LogP contribution in [0.25, 0.3) is 0 Å². The number of ether oxygens (including phenoxy) is 2. The highest BCUT2D eigenvalue weighted by Gasteiger charge is 2.29. The normalized spacial score (nSPS) is 14.9. The number of carboxylic acids is 1. The smallest absolute Gasteiger partial charge is 0.356 e. The van der Waals surface area contributed by atoms with E-state index in [4.69, 9.17) is 9.47 Å². The first-order valence-electron chi connectivity index (χ1n) is 9.05. The van der Waals surface area contributed by atoms with Crippen LogP contribution in [0, 0.1) is 0 Å². The molecule has 142 valence electrons. The van der Waals surface area contributed by atoms with Crippen molar-refractivity contribution in [2.24, 2.45) is 0 Å². The van der Waals surface area contributed by atoms with Gasteiger partial charge in [0.05, 0.1) is 0 Å². The van der Waals surface area contributed by atoms with Gasteiger partial charge >= 0.3 is 5.97 Å². The molecule has 0 bridgehead atoms. The number of carbonyl (C=O) groups is 2. The van der Waals surface area contributed by atoms with E-state index in [1.165, 1.54) is 0 Å². The molecule has 0 aliphatic carbocycles. The van der Waals surface area contributed by atoms with Crippen LogP contribution < -0.4 is 9.47 Å². The highest BCUT2D eigenvalue weighted by molar-refractivity contribution is 5.88. The number of benzene rings is 1. The third kappa shape index (κ3) is 3.22. The maximum atomic E-state index is 12.7. The van der Waals surface area contributed by atoms with Gasteiger partial charge in [-0.15, -0.1) is 0 Å². The molecular formula is C19H21N3O5. The number of fused-ring (bicyclic) bond motifs is 2. The summed E-state index contributed by atoms with van der Waals surface area (Å²) < 4.78 is 12.4. The second-order valence-corrected chi connectivity index (χ2v) is 6.65. The number of hydrogen-bond donors (Lipinski definition) is 1. The maximum Gasteiger partial charge on any atom is 0.356 e. The second-order valence-electron chi connectivity index (χ2n) is 6.65. The van der Waals surface area contributed by atoms with Gasteiger partial charge in [-0.05, 0) is 31.0 Å². The molecule has 0 saturated carbocycles. The monoisotopic (exact) mass is 371 g/mol. The van der Waals surface area contributed by atoms with Gasteiger partial charge in [-0.1, -0.05) is 6.07 Å². The number of carboxylic acid groups (broad SMARTS) is 1. The quantitative estimate of drug-likeness (QED) is 0.862. The Morgan fingerprint density at radius 2 is 2.07 bits per heavy atom. The molecule has 2 aliphatic heterocycles. The number of amides is 1. The molecule has 3 heterocycles. The molecule has 2 aliphatic rings. The standard InChI is InChI=1S/C19H21N3O5/c1-2-22-14-7-8-21(10-13(14)18(20-22)19(24)25)17(23)6-4-12-3-5-15-16(9-12)27-11-26-15/h3,5,9H,2,4,6-8,10-11H2,1H3,(H,24,25). The summed E-state index contributed by atoms with van der Waals surface area (Å²) in [5, 5.41) is 13.6. The van der Waals surface area contributed by atoms with Crippen molar-refractivity contribution in [3.8, 4) is 11.5 Å². The molecule has 2 aromatic rings. The highest BCUT2D eigenvalue weighted by atomic mass is 16.7. The van der Waals surface area contributed by atoms with Gasteiger partial charge in [-0.3, -0.25) is 9.48 Å². The van der Waals surface area contributed by atoms with Crippen LogP contribution in [0.15, 0.2) is 18.2 Å². The lowest BCUT2D eigenvalue weighted by Gasteiger charge is -2.27. The number of aromatic nitrogens is 2. The third-order valence-corrected chi connectivity index (χ3v) is 5.05. The van der Waals surface area contributed by atoms with Crippen molar-refractivity contribution in [3.05, 3.63) is 40.7 Å². The van der Waals surface area contributed by atoms with Crippen LogP contribution >= 0.6 is 0 Å². The zero-order valence-corrected chi connectivity index (χ0v) is 15.1. The lowest BCUT2D eigenvalue weighted by molar-refractivity contribution is -0.132.